The Morgan fingerprint density at radius 2 is 1.96 bits per heavy atom. The van der Waals surface area contributed by atoms with E-state index in [0.29, 0.717) is 6.54 Å². The third-order valence-electron chi connectivity index (χ3n) is 4.57. The highest BCUT2D eigenvalue weighted by Crippen LogP contribution is 2.25. The van der Waals surface area contributed by atoms with Gasteiger partial charge in [-0.2, -0.15) is 0 Å². The maximum absolute atomic E-state index is 5.69. The van der Waals surface area contributed by atoms with Crippen LogP contribution in [0.4, 0.5) is 5.69 Å². The number of benzene rings is 1. The Morgan fingerprint density at radius 1 is 1.30 bits per heavy atom. The molecule has 0 bridgehead atoms. The molecule has 1 saturated carbocycles. The monoisotopic (exact) mass is 314 g/mol. The standard InChI is InChI=1S/C19H30N4/c1-15(23(3)14-18-6-4-5-7-18)12-21-16(2)22-13-17-8-10-19(20)11-9-17/h8-11,18H,1,4-7,12-14,20H2,2-3H3,(H,21,22). The topological polar surface area (TPSA) is 53.6 Å². The lowest BCUT2D eigenvalue weighted by molar-refractivity contribution is 0.331. The predicted octanol–water partition coefficient (Wildman–Crippen LogP) is 3.41. The summed E-state index contributed by atoms with van der Waals surface area (Å²) in [5, 5.41) is 3.35. The average Bonchev–Trinajstić information content (AvgIpc) is 3.05. The summed E-state index contributed by atoms with van der Waals surface area (Å²) in [6.45, 7) is 8.74. The zero-order chi connectivity index (χ0) is 16.7. The van der Waals surface area contributed by atoms with Crippen molar-refractivity contribution in [2.24, 2.45) is 10.9 Å². The summed E-state index contributed by atoms with van der Waals surface area (Å²) in [5.74, 6) is 1.79. The van der Waals surface area contributed by atoms with Crippen LogP contribution in [0, 0.1) is 5.92 Å². The minimum atomic E-state index is 0.670. The number of nitrogens with one attached hydrogen (secondary N) is 1. The zero-order valence-electron chi connectivity index (χ0n) is 14.5. The maximum atomic E-state index is 5.69. The second-order valence-corrected chi connectivity index (χ2v) is 6.59. The van der Waals surface area contributed by atoms with Crippen molar-refractivity contribution in [2.45, 2.75) is 39.2 Å². The quantitative estimate of drug-likeness (QED) is 0.461. The molecule has 0 aromatic heterocycles. The third kappa shape index (κ3) is 5.97. The van der Waals surface area contributed by atoms with Crippen molar-refractivity contribution >= 4 is 11.5 Å². The molecular weight excluding hydrogens is 284 g/mol. The number of aliphatic imine (C=N–C) groups is 1. The molecule has 4 heteroatoms. The van der Waals surface area contributed by atoms with E-state index < -0.39 is 0 Å². The molecule has 0 saturated heterocycles. The first-order valence-corrected chi connectivity index (χ1v) is 8.53. The molecule has 0 amide bonds. The molecule has 1 fully saturated rings. The molecule has 0 aliphatic heterocycles. The van der Waals surface area contributed by atoms with Crippen LogP contribution in [0.1, 0.15) is 38.2 Å². The first-order chi connectivity index (χ1) is 11.0. The van der Waals surface area contributed by atoms with Crippen LogP contribution in [0.5, 0.6) is 0 Å². The lowest BCUT2D eigenvalue weighted by Gasteiger charge is -2.25. The average molecular weight is 314 g/mol. The molecule has 4 nitrogen and oxygen atoms in total. The van der Waals surface area contributed by atoms with Crippen LogP contribution in [0.2, 0.25) is 0 Å². The van der Waals surface area contributed by atoms with Crippen molar-refractivity contribution < 1.29 is 0 Å². The zero-order valence-corrected chi connectivity index (χ0v) is 14.5. The van der Waals surface area contributed by atoms with Gasteiger partial charge in [0.05, 0.1) is 18.9 Å². The van der Waals surface area contributed by atoms with Gasteiger partial charge in [0.1, 0.15) is 0 Å². The molecule has 3 N–H and O–H groups in total. The van der Waals surface area contributed by atoms with Crippen LogP contribution in [0.3, 0.4) is 0 Å². The summed E-state index contributed by atoms with van der Waals surface area (Å²) in [6, 6.07) is 7.85. The number of hydrogen-bond acceptors (Lipinski definition) is 3. The van der Waals surface area contributed by atoms with Gasteiger partial charge in [-0.3, -0.25) is 4.99 Å². The Bertz CT molecular complexity index is 527. The third-order valence-corrected chi connectivity index (χ3v) is 4.57. The molecule has 126 valence electrons. The Morgan fingerprint density at radius 3 is 2.61 bits per heavy atom. The molecule has 0 spiro atoms. The van der Waals surface area contributed by atoms with Crippen LogP contribution >= 0.6 is 0 Å². The number of rotatable bonds is 7. The summed E-state index contributed by atoms with van der Waals surface area (Å²) in [5.41, 5.74) is 8.76. The number of nitrogens with two attached hydrogens (primary N) is 1. The van der Waals surface area contributed by atoms with Gasteiger partial charge in [-0.15, -0.1) is 0 Å². The van der Waals surface area contributed by atoms with Crippen molar-refractivity contribution in [1.29, 1.82) is 0 Å². The summed E-state index contributed by atoms with van der Waals surface area (Å²) in [7, 11) is 2.14. The highest BCUT2D eigenvalue weighted by molar-refractivity contribution is 5.79. The van der Waals surface area contributed by atoms with Crippen molar-refractivity contribution in [3.8, 4) is 0 Å². The van der Waals surface area contributed by atoms with Crippen LogP contribution in [-0.4, -0.2) is 30.9 Å². The largest absolute Gasteiger partial charge is 0.399 e. The van der Waals surface area contributed by atoms with E-state index in [1.54, 1.807) is 0 Å². The SMILES string of the molecule is C=C(CNC(C)=NCc1ccc(N)cc1)N(C)CC1CCCC1. The fourth-order valence-corrected chi connectivity index (χ4v) is 2.96. The van der Waals surface area contributed by atoms with Gasteiger partial charge in [0.15, 0.2) is 0 Å². The van der Waals surface area contributed by atoms with E-state index in [0.717, 1.165) is 41.8 Å². The van der Waals surface area contributed by atoms with E-state index in [9.17, 15) is 0 Å². The fraction of sp³-hybridized carbons (Fsp3) is 0.526. The molecule has 0 unspecified atom stereocenters. The Labute approximate surface area is 140 Å². The highest BCUT2D eigenvalue weighted by atomic mass is 15.1. The number of likely N-dealkylation sites (N-methyl/N-ethyl adjacent to an activating group) is 1. The first kappa shape index (κ1) is 17.4. The predicted molar refractivity (Wildman–Crippen MR) is 99.4 cm³/mol. The Hall–Kier alpha value is -1.97. The molecule has 1 aromatic rings. The minimum absolute atomic E-state index is 0.670. The summed E-state index contributed by atoms with van der Waals surface area (Å²) < 4.78 is 0. The van der Waals surface area contributed by atoms with Crippen molar-refractivity contribution in [3.05, 3.63) is 42.1 Å². The fourth-order valence-electron chi connectivity index (χ4n) is 2.96. The van der Waals surface area contributed by atoms with E-state index in [1.807, 2.05) is 31.2 Å². The van der Waals surface area contributed by atoms with Gasteiger partial charge in [-0.1, -0.05) is 31.6 Å². The number of hydrogen-bond donors (Lipinski definition) is 2. The van der Waals surface area contributed by atoms with Gasteiger partial charge in [0.2, 0.25) is 0 Å². The van der Waals surface area contributed by atoms with Gasteiger partial charge in [-0.05, 0) is 43.4 Å². The molecule has 1 aromatic carbocycles. The van der Waals surface area contributed by atoms with E-state index in [4.69, 9.17) is 5.73 Å². The van der Waals surface area contributed by atoms with Crippen LogP contribution < -0.4 is 11.1 Å². The van der Waals surface area contributed by atoms with E-state index in [-0.39, 0.29) is 0 Å². The van der Waals surface area contributed by atoms with Gasteiger partial charge < -0.3 is 16.0 Å². The van der Waals surface area contributed by atoms with E-state index >= 15 is 0 Å². The minimum Gasteiger partial charge on any atom is -0.399 e. The van der Waals surface area contributed by atoms with Gasteiger partial charge >= 0.3 is 0 Å². The normalized spacial score (nSPS) is 15.7. The summed E-state index contributed by atoms with van der Waals surface area (Å²) in [6.07, 6.45) is 5.51. The number of anilines is 1. The lowest BCUT2D eigenvalue weighted by Crippen LogP contribution is -2.31. The van der Waals surface area contributed by atoms with E-state index in [2.05, 4.69) is 28.8 Å². The summed E-state index contributed by atoms with van der Waals surface area (Å²) >= 11 is 0. The first-order valence-electron chi connectivity index (χ1n) is 8.53. The summed E-state index contributed by atoms with van der Waals surface area (Å²) in [4.78, 5) is 6.85. The highest BCUT2D eigenvalue weighted by Gasteiger charge is 2.17. The number of nitrogen functional groups attached to an aromatic ring is 1. The molecule has 0 heterocycles. The van der Waals surface area contributed by atoms with Crippen LogP contribution in [0.15, 0.2) is 41.5 Å². The molecule has 0 atom stereocenters. The Balaban J connectivity index is 1.71. The maximum Gasteiger partial charge on any atom is 0.0938 e. The van der Waals surface area contributed by atoms with Crippen LogP contribution in [0.25, 0.3) is 0 Å². The van der Waals surface area contributed by atoms with Crippen LogP contribution in [-0.2, 0) is 6.54 Å². The molecule has 0 radical (unpaired) electrons. The second-order valence-electron chi connectivity index (χ2n) is 6.59. The molecule has 2 rings (SSSR count). The second kappa shape index (κ2) is 8.61. The van der Waals surface area contributed by atoms with Crippen molar-refractivity contribution in [1.82, 2.24) is 10.2 Å². The van der Waals surface area contributed by atoms with Gasteiger partial charge in [-0.25, -0.2) is 0 Å². The van der Waals surface area contributed by atoms with Crippen molar-refractivity contribution in [2.75, 3.05) is 25.9 Å². The number of nitrogens with zero attached hydrogens (tertiary/aromatic N) is 2. The van der Waals surface area contributed by atoms with Gasteiger partial charge in [0, 0.05) is 25.0 Å². The molecule has 1 aliphatic carbocycles. The molecule has 1 aliphatic rings. The lowest BCUT2D eigenvalue weighted by atomic mass is 10.1. The Kier molecular flexibility index (Phi) is 6.51. The molecule has 23 heavy (non-hydrogen) atoms. The van der Waals surface area contributed by atoms with Gasteiger partial charge in [0.25, 0.3) is 0 Å². The molecular formula is C19H30N4. The smallest absolute Gasteiger partial charge is 0.0938 e. The number of amidine groups is 1. The van der Waals surface area contributed by atoms with Crippen molar-refractivity contribution in [3.63, 3.8) is 0 Å². The van der Waals surface area contributed by atoms with E-state index in [1.165, 1.54) is 25.7 Å².